The molecule has 0 radical (unpaired) electrons. The summed E-state index contributed by atoms with van der Waals surface area (Å²) < 4.78 is 0. The average Bonchev–Trinajstić information content (AvgIpc) is 2.64. The van der Waals surface area contributed by atoms with Crippen molar-refractivity contribution in [2.75, 3.05) is 0 Å². The first-order valence-corrected chi connectivity index (χ1v) is 3.96. The zero-order chi connectivity index (χ0) is 7.56. The Kier molecular flexibility index (Phi) is 2.34. The van der Waals surface area contributed by atoms with Crippen LogP contribution >= 0.6 is 0 Å². The van der Waals surface area contributed by atoms with Crippen LogP contribution in [0.3, 0.4) is 0 Å². The molecule has 1 nitrogen and oxygen atoms in total. The molecule has 0 spiro atoms. The molecular weight excluding hydrogens is 122 g/mol. The fourth-order valence-electron chi connectivity index (χ4n) is 0.937. The third-order valence-corrected chi connectivity index (χ3v) is 1.84. The first-order chi connectivity index (χ1) is 4.74. The van der Waals surface area contributed by atoms with Gasteiger partial charge in [0, 0.05) is 6.04 Å². The van der Waals surface area contributed by atoms with Crippen LogP contribution < -0.4 is 5.32 Å². The van der Waals surface area contributed by atoms with E-state index >= 15 is 0 Å². The Morgan fingerprint density at radius 3 is 2.40 bits per heavy atom. The lowest BCUT2D eigenvalue weighted by molar-refractivity contribution is 0.474. The van der Waals surface area contributed by atoms with Crippen LogP contribution in [0.4, 0.5) is 0 Å². The summed E-state index contributed by atoms with van der Waals surface area (Å²) in [4.78, 5) is 0. The van der Waals surface area contributed by atoms with E-state index < -0.39 is 0 Å². The molecule has 0 bridgehead atoms. The molecule has 1 N–H and O–H groups in total. The summed E-state index contributed by atoms with van der Waals surface area (Å²) in [6.45, 7) is 4.31. The Labute approximate surface area is 63.2 Å². The van der Waals surface area contributed by atoms with Gasteiger partial charge in [-0.25, -0.2) is 0 Å². The van der Waals surface area contributed by atoms with Crippen LogP contribution in [0.5, 0.6) is 0 Å². The number of hydrogen-bond acceptors (Lipinski definition) is 1. The maximum absolute atomic E-state index is 5.34. The van der Waals surface area contributed by atoms with Crippen LogP contribution in [0.1, 0.15) is 26.7 Å². The number of hydrogen-bond donors (Lipinski definition) is 1. The number of rotatable bonds is 3. The molecule has 0 amide bonds. The van der Waals surface area contributed by atoms with E-state index in [1.165, 1.54) is 12.8 Å². The molecule has 0 aromatic heterocycles. The minimum absolute atomic E-state index is 0.285. The van der Waals surface area contributed by atoms with Crippen molar-refractivity contribution in [1.29, 1.82) is 0 Å². The topological polar surface area (TPSA) is 12.0 Å². The summed E-state index contributed by atoms with van der Waals surface area (Å²) >= 11 is 0. The molecule has 1 atom stereocenters. The van der Waals surface area contributed by atoms with Crippen molar-refractivity contribution in [2.45, 2.75) is 38.8 Å². The first kappa shape index (κ1) is 7.63. The first-order valence-electron chi connectivity index (χ1n) is 3.96. The monoisotopic (exact) mass is 137 g/mol. The molecule has 0 heterocycles. The largest absolute Gasteiger partial charge is 0.301 e. The van der Waals surface area contributed by atoms with Gasteiger partial charge in [0.15, 0.2) is 0 Å². The van der Waals surface area contributed by atoms with E-state index in [1.807, 2.05) is 0 Å². The van der Waals surface area contributed by atoms with Gasteiger partial charge in [-0.1, -0.05) is 19.8 Å². The van der Waals surface area contributed by atoms with Crippen LogP contribution in [-0.2, 0) is 0 Å². The summed E-state index contributed by atoms with van der Waals surface area (Å²) in [6.07, 6.45) is 7.96. The maximum Gasteiger partial charge on any atom is 0.0712 e. The van der Waals surface area contributed by atoms with Crippen molar-refractivity contribution in [1.82, 2.24) is 5.32 Å². The van der Waals surface area contributed by atoms with Crippen LogP contribution in [0.2, 0.25) is 0 Å². The van der Waals surface area contributed by atoms with Crippen LogP contribution in [0.15, 0.2) is 0 Å². The van der Waals surface area contributed by atoms with Gasteiger partial charge in [0.25, 0.3) is 0 Å². The lowest BCUT2D eigenvalue weighted by Gasteiger charge is -2.15. The quantitative estimate of drug-likeness (QED) is 0.580. The predicted octanol–water partition coefficient (Wildman–Crippen LogP) is 1.40. The van der Waals surface area contributed by atoms with Crippen molar-refractivity contribution in [3.8, 4) is 12.3 Å². The predicted molar refractivity (Wildman–Crippen MR) is 43.6 cm³/mol. The van der Waals surface area contributed by atoms with Gasteiger partial charge in [0.1, 0.15) is 0 Å². The Morgan fingerprint density at radius 2 is 2.10 bits per heavy atom. The molecule has 56 valence electrons. The Hall–Kier alpha value is -0.480. The van der Waals surface area contributed by atoms with Gasteiger partial charge in [-0.15, -0.1) is 6.42 Å². The van der Waals surface area contributed by atoms with Crippen molar-refractivity contribution < 1.29 is 0 Å². The van der Waals surface area contributed by atoms with E-state index in [2.05, 4.69) is 25.1 Å². The van der Waals surface area contributed by atoms with E-state index in [0.717, 1.165) is 6.04 Å². The second-order valence-corrected chi connectivity index (χ2v) is 3.33. The van der Waals surface area contributed by atoms with E-state index in [1.54, 1.807) is 0 Å². The van der Waals surface area contributed by atoms with Crippen molar-refractivity contribution in [3.63, 3.8) is 0 Å². The van der Waals surface area contributed by atoms with Crippen molar-refractivity contribution in [2.24, 2.45) is 5.92 Å². The summed E-state index contributed by atoms with van der Waals surface area (Å²) in [5.74, 6) is 3.32. The fraction of sp³-hybridized carbons (Fsp3) is 0.778. The Bertz CT molecular complexity index is 139. The Morgan fingerprint density at radius 1 is 1.50 bits per heavy atom. The molecule has 1 unspecified atom stereocenters. The highest BCUT2D eigenvalue weighted by atomic mass is 15.0. The van der Waals surface area contributed by atoms with Crippen molar-refractivity contribution >= 4 is 0 Å². The second-order valence-electron chi connectivity index (χ2n) is 3.33. The SMILES string of the molecule is C#CC(NC1CC1)C(C)C. The molecule has 10 heavy (non-hydrogen) atoms. The summed E-state index contributed by atoms with van der Waals surface area (Å²) in [7, 11) is 0. The highest BCUT2D eigenvalue weighted by Crippen LogP contribution is 2.20. The highest BCUT2D eigenvalue weighted by molar-refractivity contribution is 5.03. The van der Waals surface area contributed by atoms with Gasteiger partial charge in [0.2, 0.25) is 0 Å². The van der Waals surface area contributed by atoms with Crippen molar-refractivity contribution in [3.05, 3.63) is 0 Å². The zero-order valence-corrected chi connectivity index (χ0v) is 6.72. The lowest BCUT2D eigenvalue weighted by atomic mass is 10.1. The molecular formula is C9H15N. The molecule has 1 heteroatoms. The second kappa shape index (κ2) is 3.07. The molecule has 0 aliphatic heterocycles. The molecule has 0 aromatic carbocycles. The molecule has 0 aromatic rings. The molecule has 1 rings (SSSR count). The van der Waals surface area contributed by atoms with Crippen LogP contribution in [0.25, 0.3) is 0 Å². The van der Waals surface area contributed by atoms with E-state index in [4.69, 9.17) is 6.42 Å². The maximum atomic E-state index is 5.34. The number of nitrogens with one attached hydrogen (secondary N) is 1. The summed E-state index contributed by atoms with van der Waals surface area (Å²) in [5, 5.41) is 3.40. The smallest absolute Gasteiger partial charge is 0.0712 e. The molecule has 0 saturated heterocycles. The molecule has 1 aliphatic rings. The van der Waals surface area contributed by atoms with Gasteiger partial charge in [0.05, 0.1) is 6.04 Å². The van der Waals surface area contributed by atoms with E-state index in [0.29, 0.717) is 5.92 Å². The lowest BCUT2D eigenvalue weighted by Crippen LogP contribution is -2.33. The van der Waals surface area contributed by atoms with Gasteiger partial charge in [-0.05, 0) is 18.8 Å². The van der Waals surface area contributed by atoms with E-state index in [-0.39, 0.29) is 6.04 Å². The summed E-state index contributed by atoms with van der Waals surface area (Å²) in [5.41, 5.74) is 0. The van der Waals surface area contributed by atoms with Gasteiger partial charge in [-0.2, -0.15) is 0 Å². The zero-order valence-electron chi connectivity index (χ0n) is 6.72. The number of terminal acetylenes is 1. The summed E-state index contributed by atoms with van der Waals surface area (Å²) in [6, 6.07) is 1.01. The van der Waals surface area contributed by atoms with Crippen LogP contribution in [0, 0.1) is 18.3 Å². The molecule has 1 aliphatic carbocycles. The normalized spacial score (nSPS) is 20.6. The van der Waals surface area contributed by atoms with Crippen LogP contribution in [-0.4, -0.2) is 12.1 Å². The minimum Gasteiger partial charge on any atom is -0.301 e. The third kappa shape index (κ3) is 2.04. The fourth-order valence-corrected chi connectivity index (χ4v) is 0.937. The molecule has 1 saturated carbocycles. The van der Waals surface area contributed by atoms with Gasteiger partial charge < -0.3 is 5.32 Å². The minimum atomic E-state index is 0.285. The standard InChI is InChI=1S/C9H15N/c1-4-9(7(2)3)10-8-5-6-8/h1,7-10H,5-6H2,2-3H3. The third-order valence-electron chi connectivity index (χ3n) is 1.84. The van der Waals surface area contributed by atoms with Gasteiger partial charge in [-0.3, -0.25) is 0 Å². The molecule has 1 fully saturated rings. The van der Waals surface area contributed by atoms with E-state index in [9.17, 15) is 0 Å². The Balaban J connectivity index is 2.26. The highest BCUT2D eigenvalue weighted by Gasteiger charge is 2.24. The average molecular weight is 137 g/mol. The van der Waals surface area contributed by atoms with Gasteiger partial charge >= 0.3 is 0 Å².